The van der Waals surface area contributed by atoms with Crippen molar-refractivity contribution in [3.8, 4) is 0 Å². The molecular formula is C14H24N2O2S. The van der Waals surface area contributed by atoms with Crippen LogP contribution in [0.1, 0.15) is 39.0 Å². The maximum Gasteiger partial charge on any atom is 0.320 e. The Morgan fingerprint density at radius 1 is 1.32 bits per heavy atom. The Morgan fingerprint density at radius 3 is 2.74 bits per heavy atom. The molecule has 3 atom stereocenters. The molecule has 2 amide bonds. The van der Waals surface area contributed by atoms with E-state index in [4.69, 9.17) is 0 Å². The molecule has 0 aromatic heterocycles. The predicted octanol–water partition coefficient (Wildman–Crippen LogP) is 2.38. The van der Waals surface area contributed by atoms with Crippen molar-refractivity contribution >= 4 is 23.6 Å². The predicted molar refractivity (Wildman–Crippen MR) is 78.5 cm³/mol. The van der Waals surface area contributed by atoms with Crippen LogP contribution in [0, 0.1) is 0 Å². The molecule has 2 aliphatic heterocycles. The highest BCUT2D eigenvalue weighted by Gasteiger charge is 2.49. The van der Waals surface area contributed by atoms with Crippen molar-refractivity contribution in [2.24, 2.45) is 0 Å². The second-order valence-corrected chi connectivity index (χ2v) is 6.84. The summed E-state index contributed by atoms with van der Waals surface area (Å²) in [6.45, 7) is 1.93. The number of rotatable bonds is 6. The van der Waals surface area contributed by atoms with E-state index in [2.05, 4.69) is 0 Å². The SMILES string of the molecule is CCC(=O)CCCC[C@@H]1SC[C@H]2[C@@H]1N(C)C(=O)N2C. The molecule has 0 radical (unpaired) electrons. The van der Waals surface area contributed by atoms with E-state index in [1.54, 1.807) is 0 Å². The second-order valence-electron chi connectivity index (χ2n) is 5.57. The van der Waals surface area contributed by atoms with E-state index >= 15 is 0 Å². The lowest BCUT2D eigenvalue weighted by Crippen LogP contribution is -2.38. The molecule has 19 heavy (non-hydrogen) atoms. The Balaban J connectivity index is 1.80. The summed E-state index contributed by atoms with van der Waals surface area (Å²) in [5.41, 5.74) is 0. The number of unbranched alkanes of at least 4 members (excludes halogenated alkanes) is 1. The number of Topliss-reactive ketones (excluding diaryl/α,β-unsaturated/α-hetero) is 1. The Kier molecular flexibility index (Phi) is 4.76. The zero-order valence-corrected chi connectivity index (χ0v) is 12.9. The van der Waals surface area contributed by atoms with E-state index in [0.717, 1.165) is 31.4 Å². The van der Waals surface area contributed by atoms with E-state index in [0.29, 0.717) is 29.5 Å². The number of ketones is 1. The number of likely N-dealkylation sites (N-methyl/N-ethyl adjacent to an activating group) is 2. The Hall–Kier alpha value is -0.710. The van der Waals surface area contributed by atoms with Crippen LogP contribution >= 0.6 is 11.8 Å². The summed E-state index contributed by atoms with van der Waals surface area (Å²) in [5.74, 6) is 1.42. The molecule has 2 heterocycles. The first-order valence-corrected chi connectivity index (χ1v) is 8.24. The van der Waals surface area contributed by atoms with Gasteiger partial charge < -0.3 is 9.80 Å². The van der Waals surface area contributed by atoms with Gasteiger partial charge in [-0.15, -0.1) is 0 Å². The van der Waals surface area contributed by atoms with Gasteiger partial charge in [-0.2, -0.15) is 11.8 Å². The Bertz CT molecular complexity index is 361. The quantitative estimate of drug-likeness (QED) is 0.555. The number of fused-ring (bicyclic) bond motifs is 1. The summed E-state index contributed by atoms with van der Waals surface area (Å²) in [5, 5.41) is 0.542. The number of thioether (sulfide) groups is 1. The fourth-order valence-electron chi connectivity index (χ4n) is 3.13. The van der Waals surface area contributed by atoms with Gasteiger partial charge in [0.1, 0.15) is 5.78 Å². The maximum absolute atomic E-state index is 11.9. The highest BCUT2D eigenvalue weighted by Crippen LogP contribution is 2.40. The molecule has 4 nitrogen and oxygen atoms in total. The third kappa shape index (κ3) is 2.91. The smallest absolute Gasteiger partial charge is 0.320 e. The molecule has 108 valence electrons. The van der Waals surface area contributed by atoms with Gasteiger partial charge in [-0.1, -0.05) is 13.3 Å². The number of carbonyl (C=O) groups is 2. The fourth-order valence-corrected chi connectivity index (χ4v) is 4.89. The summed E-state index contributed by atoms with van der Waals surface area (Å²) in [6.07, 6.45) is 4.59. The van der Waals surface area contributed by atoms with Crippen molar-refractivity contribution in [2.75, 3.05) is 19.8 Å². The van der Waals surface area contributed by atoms with E-state index in [1.165, 1.54) is 0 Å². The number of amides is 2. The zero-order chi connectivity index (χ0) is 14.0. The third-order valence-corrected chi connectivity index (χ3v) is 5.87. The molecule has 2 saturated heterocycles. The summed E-state index contributed by atoms with van der Waals surface area (Å²) >= 11 is 1.99. The van der Waals surface area contributed by atoms with Crippen molar-refractivity contribution in [3.63, 3.8) is 0 Å². The van der Waals surface area contributed by atoms with E-state index in [9.17, 15) is 9.59 Å². The monoisotopic (exact) mass is 284 g/mol. The van der Waals surface area contributed by atoms with Crippen molar-refractivity contribution in [2.45, 2.75) is 56.4 Å². The van der Waals surface area contributed by atoms with Crippen LogP contribution in [-0.2, 0) is 4.79 Å². The van der Waals surface area contributed by atoms with Gasteiger partial charge in [-0.25, -0.2) is 4.79 Å². The maximum atomic E-state index is 11.9. The minimum atomic E-state index is 0.154. The molecule has 0 N–H and O–H groups in total. The lowest BCUT2D eigenvalue weighted by molar-refractivity contribution is -0.118. The largest absolute Gasteiger partial charge is 0.322 e. The number of urea groups is 1. The summed E-state index contributed by atoms with van der Waals surface area (Å²) in [4.78, 5) is 27.0. The minimum absolute atomic E-state index is 0.154. The number of carbonyl (C=O) groups excluding carboxylic acids is 2. The van der Waals surface area contributed by atoms with E-state index < -0.39 is 0 Å². The molecule has 0 unspecified atom stereocenters. The van der Waals surface area contributed by atoms with Crippen LogP contribution in [-0.4, -0.2) is 58.8 Å². The molecule has 2 fully saturated rings. The van der Waals surface area contributed by atoms with Crippen LogP contribution < -0.4 is 0 Å². The molecule has 0 spiro atoms. The highest BCUT2D eigenvalue weighted by atomic mass is 32.2. The lowest BCUT2D eigenvalue weighted by atomic mass is 10.0. The van der Waals surface area contributed by atoms with Gasteiger partial charge in [-0.05, 0) is 12.8 Å². The summed E-state index contributed by atoms with van der Waals surface area (Å²) < 4.78 is 0. The standard InChI is InChI=1S/C14H24N2O2S/c1-4-10(17)7-5-6-8-12-13-11(9-19-12)15(2)14(18)16(13)3/h11-13H,4-9H2,1-3H3/t11-,12-,13-/m0/s1. The third-order valence-electron chi connectivity index (χ3n) is 4.39. The minimum Gasteiger partial charge on any atom is -0.322 e. The van der Waals surface area contributed by atoms with E-state index in [1.807, 2.05) is 42.6 Å². The fraction of sp³-hybridized carbons (Fsp3) is 0.857. The number of hydrogen-bond acceptors (Lipinski definition) is 3. The van der Waals surface area contributed by atoms with Crippen LogP contribution in [0.3, 0.4) is 0 Å². The average Bonchev–Trinajstić information content (AvgIpc) is 2.92. The molecule has 0 aromatic carbocycles. The molecule has 2 rings (SSSR count). The van der Waals surface area contributed by atoms with Crippen LogP contribution in [0.2, 0.25) is 0 Å². The number of nitrogens with zero attached hydrogens (tertiary/aromatic N) is 2. The Labute approximate surface area is 119 Å². The first-order valence-electron chi connectivity index (χ1n) is 7.19. The molecule has 5 heteroatoms. The van der Waals surface area contributed by atoms with Gasteiger partial charge in [-0.3, -0.25) is 4.79 Å². The normalized spacial score (nSPS) is 30.1. The van der Waals surface area contributed by atoms with Crippen LogP contribution in [0.25, 0.3) is 0 Å². The van der Waals surface area contributed by atoms with Gasteiger partial charge in [0.25, 0.3) is 0 Å². The van der Waals surface area contributed by atoms with E-state index in [-0.39, 0.29) is 6.03 Å². The Morgan fingerprint density at radius 2 is 2.05 bits per heavy atom. The molecule has 0 saturated carbocycles. The van der Waals surface area contributed by atoms with Crippen LogP contribution in [0.5, 0.6) is 0 Å². The first kappa shape index (κ1) is 14.7. The molecule has 2 aliphatic rings. The van der Waals surface area contributed by atoms with Gasteiger partial charge >= 0.3 is 6.03 Å². The zero-order valence-electron chi connectivity index (χ0n) is 12.1. The van der Waals surface area contributed by atoms with Crippen molar-refractivity contribution < 1.29 is 9.59 Å². The van der Waals surface area contributed by atoms with Gasteiger partial charge in [0.05, 0.1) is 12.1 Å². The number of hydrogen-bond donors (Lipinski definition) is 0. The summed E-state index contributed by atoms with van der Waals surface area (Å²) in [7, 11) is 3.83. The van der Waals surface area contributed by atoms with Crippen LogP contribution in [0.4, 0.5) is 4.79 Å². The molecule has 0 bridgehead atoms. The van der Waals surface area contributed by atoms with Gasteiger partial charge in [0.15, 0.2) is 0 Å². The highest BCUT2D eigenvalue weighted by molar-refractivity contribution is 8.00. The first-order chi connectivity index (χ1) is 9.06. The van der Waals surface area contributed by atoms with Gasteiger partial charge in [0, 0.05) is 37.9 Å². The van der Waals surface area contributed by atoms with Gasteiger partial charge in [0.2, 0.25) is 0 Å². The second kappa shape index (κ2) is 6.16. The van der Waals surface area contributed by atoms with Crippen molar-refractivity contribution in [1.29, 1.82) is 0 Å². The lowest BCUT2D eigenvalue weighted by Gasteiger charge is -2.23. The average molecular weight is 284 g/mol. The molecule has 0 aromatic rings. The molecular weight excluding hydrogens is 260 g/mol. The van der Waals surface area contributed by atoms with Crippen molar-refractivity contribution in [3.05, 3.63) is 0 Å². The van der Waals surface area contributed by atoms with Crippen molar-refractivity contribution in [1.82, 2.24) is 9.80 Å². The molecule has 0 aliphatic carbocycles. The summed E-state index contributed by atoms with van der Waals surface area (Å²) in [6, 6.07) is 0.899. The van der Waals surface area contributed by atoms with Crippen LogP contribution in [0.15, 0.2) is 0 Å². The topological polar surface area (TPSA) is 40.6 Å².